The predicted octanol–water partition coefficient (Wildman–Crippen LogP) is 2.59. The molecule has 3 N–H and O–H groups in total. The summed E-state index contributed by atoms with van der Waals surface area (Å²) in [5, 5.41) is 13.1. The van der Waals surface area contributed by atoms with Gasteiger partial charge in [-0.05, 0) is 36.4 Å². The van der Waals surface area contributed by atoms with E-state index in [0.29, 0.717) is 6.54 Å². The standard InChI is InChI=1S/C20H18N6O2S/c21-29(27,28)18-7-4-10-23-20(18)24-13-16-14-26(17-5-2-1-3-6-17)25-19(16)15-8-11-22-12-9-15/h1-12,14H,13H2,(H,23,24)(H2,21,27,28). The van der Waals surface area contributed by atoms with Gasteiger partial charge in [-0.1, -0.05) is 18.2 Å². The summed E-state index contributed by atoms with van der Waals surface area (Å²) in [6, 6.07) is 16.4. The highest BCUT2D eigenvalue weighted by atomic mass is 32.2. The minimum Gasteiger partial charge on any atom is -0.365 e. The minimum atomic E-state index is -3.89. The van der Waals surface area contributed by atoms with Crippen LogP contribution in [0.15, 0.2) is 84.3 Å². The summed E-state index contributed by atoms with van der Waals surface area (Å²) in [5.41, 5.74) is 3.44. The number of nitrogens with two attached hydrogens (primary N) is 1. The quantitative estimate of drug-likeness (QED) is 0.508. The second-order valence-corrected chi connectivity index (χ2v) is 7.80. The van der Waals surface area contributed by atoms with Crippen molar-refractivity contribution in [1.82, 2.24) is 19.7 Å². The molecule has 0 unspecified atom stereocenters. The summed E-state index contributed by atoms with van der Waals surface area (Å²) >= 11 is 0. The molecule has 4 rings (SSSR count). The Labute approximate surface area is 168 Å². The van der Waals surface area contributed by atoms with Crippen molar-refractivity contribution in [2.75, 3.05) is 5.32 Å². The molecule has 0 saturated heterocycles. The van der Waals surface area contributed by atoms with Gasteiger partial charge in [0.05, 0.1) is 11.4 Å². The molecule has 1 aromatic carbocycles. The van der Waals surface area contributed by atoms with E-state index in [9.17, 15) is 8.42 Å². The molecule has 0 aliphatic heterocycles. The van der Waals surface area contributed by atoms with Crippen molar-refractivity contribution in [1.29, 1.82) is 0 Å². The van der Waals surface area contributed by atoms with E-state index in [-0.39, 0.29) is 10.7 Å². The normalized spacial score (nSPS) is 11.3. The van der Waals surface area contributed by atoms with Crippen molar-refractivity contribution in [3.63, 3.8) is 0 Å². The van der Waals surface area contributed by atoms with E-state index in [1.807, 2.05) is 48.7 Å². The number of sulfonamides is 1. The monoisotopic (exact) mass is 406 g/mol. The summed E-state index contributed by atoms with van der Waals surface area (Å²) < 4.78 is 25.4. The molecule has 29 heavy (non-hydrogen) atoms. The number of primary sulfonamides is 1. The Morgan fingerprint density at radius 1 is 0.966 bits per heavy atom. The van der Waals surface area contributed by atoms with E-state index in [1.165, 1.54) is 18.3 Å². The Morgan fingerprint density at radius 3 is 2.45 bits per heavy atom. The third-order valence-electron chi connectivity index (χ3n) is 4.29. The van der Waals surface area contributed by atoms with Gasteiger partial charge in [0.15, 0.2) is 0 Å². The Morgan fingerprint density at radius 2 is 1.72 bits per heavy atom. The first-order valence-electron chi connectivity index (χ1n) is 8.78. The first-order chi connectivity index (χ1) is 14.0. The molecule has 0 saturated carbocycles. The molecule has 0 atom stereocenters. The average Bonchev–Trinajstić information content (AvgIpc) is 3.17. The number of hydrogen-bond donors (Lipinski definition) is 2. The molecule has 0 aliphatic carbocycles. The molecule has 0 radical (unpaired) electrons. The molecule has 146 valence electrons. The molecule has 3 aromatic heterocycles. The summed E-state index contributed by atoms with van der Waals surface area (Å²) in [6.07, 6.45) is 6.81. The van der Waals surface area contributed by atoms with Crippen LogP contribution in [0, 0.1) is 0 Å². The fourth-order valence-electron chi connectivity index (χ4n) is 2.94. The second-order valence-electron chi connectivity index (χ2n) is 6.27. The lowest BCUT2D eigenvalue weighted by Gasteiger charge is -2.09. The van der Waals surface area contributed by atoms with Gasteiger partial charge in [0.25, 0.3) is 0 Å². The number of aromatic nitrogens is 4. The maximum Gasteiger partial charge on any atom is 0.241 e. The van der Waals surface area contributed by atoms with Crippen molar-refractivity contribution in [3.8, 4) is 16.9 Å². The molecule has 0 fully saturated rings. The number of hydrogen-bond acceptors (Lipinski definition) is 6. The van der Waals surface area contributed by atoms with Crippen LogP contribution in [0.5, 0.6) is 0 Å². The number of nitrogens with one attached hydrogen (secondary N) is 1. The summed E-state index contributed by atoms with van der Waals surface area (Å²) in [7, 11) is -3.89. The second kappa shape index (κ2) is 7.82. The lowest BCUT2D eigenvalue weighted by atomic mass is 10.1. The lowest BCUT2D eigenvalue weighted by molar-refractivity contribution is 0.597. The number of nitrogens with zero attached hydrogens (tertiary/aromatic N) is 4. The van der Waals surface area contributed by atoms with Crippen molar-refractivity contribution in [2.24, 2.45) is 5.14 Å². The Kier molecular flexibility index (Phi) is 5.07. The first-order valence-corrected chi connectivity index (χ1v) is 10.3. The topological polar surface area (TPSA) is 116 Å². The summed E-state index contributed by atoms with van der Waals surface area (Å²) in [5.74, 6) is 0.197. The average molecular weight is 406 g/mol. The van der Waals surface area contributed by atoms with Crippen molar-refractivity contribution >= 4 is 15.8 Å². The highest BCUT2D eigenvalue weighted by molar-refractivity contribution is 7.89. The Bertz CT molecular complexity index is 1220. The zero-order valence-corrected chi connectivity index (χ0v) is 16.1. The summed E-state index contributed by atoms with van der Waals surface area (Å²) in [6.45, 7) is 0.310. The van der Waals surface area contributed by atoms with Crippen LogP contribution in [-0.2, 0) is 16.6 Å². The van der Waals surface area contributed by atoms with E-state index in [1.54, 1.807) is 17.1 Å². The number of rotatable bonds is 6. The number of benzene rings is 1. The van der Waals surface area contributed by atoms with E-state index >= 15 is 0 Å². The van der Waals surface area contributed by atoms with Gasteiger partial charge < -0.3 is 5.32 Å². The van der Waals surface area contributed by atoms with E-state index in [4.69, 9.17) is 10.2 Å². The van der Waals surface area contributed by atoms with E-state index in [0.717, 1.165) is 22.5 Å². The fourth-order valence-corrected chi connectivity index (χ4v) is 3.60. The zero-order chi connectivity index (χ0) is 20.3. The SMILES string of the molecule is NS(=O)(=O)c1cccnc1NCc1cn(-c2ccccc2)nc1-c1ccncc1. The van der Waals surface area contributed by atoms with Crippen LogP contribution in [-0.4, -0.2) is 28.2 Å². The van der Waals surface area contributed by atoms with Gasteiger partial charge in [-0.3, -0.25) is 4.98 Å². The van der Waals surface area contributed by atoms with Crippen LogP contribution < -0.4 is 10.5 Å². The van der Waals surface area contributed by atoms with Crippen LogP contribution in [0.2, 0.25) is 0 Å². The molecule has 0 spiro atoms. The van der Waals surface area contributed by atoms with Gasteiger partial charge in [0.2, 0.25) is 10.0 Å². The van der Waals surface area contributed by atoms with Crippen LogP contribution in [0.4, 0.5) is 5.82 Å². The summed E-state index contributed by atoms with van der Waals surface area (Å²) in [4.78, 5) is 8.12. The highest BCUT2D eigenvalue weighted by Gasteiger charge is 2.17. The largest absolute Gasteiger partial charge is 0.365 e. The minimum absolute atomic E-state index is 0.0547. The van der Waals surface area contributed by atoms with Gasteiger partial charge in [0.1, 0.15) is 10.7 Å². The van der Waals surface area contributed by atoms with Gasteiger partial charge >= 0.3 is 0 Å². The molecule has 4 aromatic rings. The molecule has 8 nitrogen and oxygen atoms in total. The molecular weight excluding hydrogens is 388 g/mol. The van der Waals surface area contributed by atoms with Gasteiger partial charge in [0, 0.05) is 42.5 Å². The van der Waals surface area contributed by atoms with Crippen LogP contribution in [0.25, 0.3) is 16.9 Å². The molecular formula is C20H18N6O2S. The highest BCUT2D eigenvalue weighted by Crippen LogP contribution is 2.25. The maximum absolute atomic E-state index is 11.8. The lowest BCUT2D eigenvalue weighted by Crippen LogP contribution is -2.16. The fraction of sp³-hybridized carbons (Fsp3) is 0.0500. The number of pyridine rings is 2. The third kappa shape index (κ3) is 4.15. The Hall–Kier alpha value is -3.56. The predicted molar refractivity (Wildman–Crippen MR) is 110 cm³/mol. The molecule has 0 aliphatic rings. The van der Waals surface area contributed by atoms with E-state index in [2.05, 4.69) is 15.3 Å². The van der Waals surface area contributed by atoms with Crippen molar-refractivity contribution in [3.05, 3.63) is 84.9 Å². The van der Waals surface area contributed by atoms with Gasteiger partial charge in [-0.15, -0.1) is 0 Å². The first kappa shape index (κ1) is 18.8. The van der Waals surface area contributed by atoms with Crippen LogP contribution >= 0.6 is 0 Å². The van der Waals surface area contributed by atoms with Gasteiger partial charge in [-0.2, -0.15) is 5.10 Å². The number of para-hydroxylation sites is 1. The molecule has 0 bridgehead atoms. The molecule has 3 heterocycles. The van der Waals surface area contributed by atoms with Crippen LogP contribution in [0.3, 0.4) is 0 Å². The number of anilines is 1. The third-order valence-corrected chi connectivity index (χ3v) is 5.23. The molecule has 9 heteroatoms. The smallest absolute Gasteiger partial charge is 0.241 e. The zero-order valence-electron chi connectivity index (χ0n) is 15.3. The Balaban J connectivity index is 1.71. The van der Waals surface area contributed by atoms with Gasteiger partial charge in [-0.25, -0.2) is 23.2 Å². The molecule has 0 amide bonds. The van der Waals surface area contributed by atoms with E-state index < -0.39 is 10.0 Å². The van der Waals surface area contributed by atoms with Crippen molar-refractivity contribution < 1.29 is 8.42 Å². The van der Waals surface area contributed by atoms with Crippen molar-refractivity contribution in [2.45, 2.75) is 11.4 Å². The van der Waals surface area contributed by atoms with Crippen LogP contribution in [0.1, 0.15) is 5.56 Å². The maximum atomic E-state index is 11.8.